The molecule has 1 heterocycles. The normalized spacial score (nSPS) is 23.2. The molecule has 0 radical (unpaired) electrons. The van der Waals surface area contributed by atoms with Crippen LogP contribution in [0.25, 0.3) is 0 Å². The predicted molar refractivity (Wildman–Crippen MR) is 92.9 cm³/mol. The Labute approximate surface area is 149 Å². The molecule has 0 bridgehead atoms. The first-order chi connectivity index (χ1) is 11.6. The summed E-state index contributed by atoms with van der Waals surface area (Å²) in [6, 6.07) is 5.09. The molecule has 1 aromatic carbocycles. The second-order valence-corrected chi connectivity index (χ2v) is 6.92. The quantitative estimate of drug-likeness (QED) is 0.816. The molecule has 0 saturated heterocycles. The van der Waals surface area contributed by atoms with Gasteiger partial charge in [-0.2, -0.15) is 0 Å². The molecule has 128 valence electrons. The summed E-state index contributed by atoms with van der Waals surface area (Å²) in [5.74, 6) is 0.566. The Bertz CT molecular complexity index is 705. The Morgan fingerprint density at radius 1 is 1.50 bits per heavy atom. The zero-order valence-electron chi connectivity index (χ0n) is 13.4. The number of methoxy groups -OCH3 is 1. The lowest BCUT2D eigenvalue weighted by atomic mass is 10.1. The largest absolute Gasteiger partial charge is 0.496 e. The first kappa shape index (κ1) is 17.0. The van der Waals surface area contributed by atoms with E-state index in [9.17, 15) is 9.90 Å². The van der Waals surface area contributed by atoms with Crippen molar-refractivity contribution in [1.82, 2.24) is 14.9 Å². The fourth-order valence-electron chi connectivity index (χ4n) is 3.25. The van der Waals surface area contributed by atoms with Crippen LogP contribution in [-0.4, -0.2) is 39.8 Å². The third kappa shape index (κ3) is 3.62. The monoisotopic (exact) mass is 393 g/mol. The molecule has 2 aromatic rings. The molecule has 0 aliphatic heterocycles. The van der Waals surface area contributed by atoms with Crippen LogP contribution in [0.15, 0.2) is 41.4 Å². The van der Waals surface area contributed by atoms with Crippen LogP contribution < -0.4 is 10.1 Å². The van der Waals surface area contributed by atoms with Gasteiger partial charge in [0.2, 0.25) is 0 Å². The van der Waals surface area contributed by atoms with Gasteiger partial charge < -0.3 is 19.7 Å². The summed E-state index contributed by atoms with van der Waals surface area (Å²) >= 11 is 3.39. The number of carbonyl (C=O) groups excluding carboxylic acids is 1. The number of hydrogen-bond acceptors (Lipinski definition) is 4. The topological polar surface area (TPSA) is 76.4 Å². The van der Waals surface area contributed by atoms with Crippen LogP contribution >= 0.6 is 15.9 Å². The molecule has 1 unspecified atom stereocenters. The maximum Gasteiger partial charge on any atom is 0.256 e. The SMILES string of the molecule is COc1cccc(Br)c1C(=O)N[C@@H]1CC(Cn2ccnc2)C[C@H]1O. The first-order valence-corrected chi connectivity index (χ1v) is 8.65. The van der Waals surface area contributed by atoms with Crippen molar-refractivity contribution < 1.29 is 14.6 Å². The number of aliphatic hydroxyl groups is 1. The highest BCUT2D eigenvalue weighted by molar-refractivity contribution is 9.10. The Morgan fingerprint density at radius 2 is 2.33 bits per heavy atom. The van der Waals surface area contributed by atoms with Gasteiger partial charge in [0.25, 0.3) is 5.91 Å². The molecular weight excluding hydrogens is 374 g/mol. The van der Waals surface area contributed by atoms with Gasteiger partial charge in [0.1, 0.15) is 5.75 Å². The Kier molecular flexibility index (Phi) is 5.20. The minimum absolute atomic E-state index is 0.244. The van der Waals surface area contributed by atoms with Crippen LogP contribution in [0.5, 0.6) is 5.75 Å². The fourth-order valence-corrected chi connectivity index (χ4v) is 3.78. The molecular formula is C17H20BrN3O3. The molecule has 1 fully saturated rings. The van der Waals surface area contributed by atoms with Gasteiger partial charge in [0.05, 0.1) is 31.1 Å². The van der Waals surface area contributed by atoms with E-state index in [1.54, 1.807) is 24.7 Å². The van der Waals surface area contributed by atoms with Crippen LogP contribution in [0.4, 0.5) is 0 Å². The summed E-state index contributed by atoms with van der Waals surface area (Å²) in [7, 11) is 1.53. The third-order valence-corrected chi connectivity index (χ3v) is 5.05. The van der Waals surface area contributed by atoms with Crippen molar-refractivity contribution in [2.45, 2.75) is 31.5 Å². The minimum Gasteiger partial charge on any atom is -0.496 e. The van der Waals surface area contributed by atoms with Crippen molar-refractivity contribution in [2.75, 3.05) is 7.11 Å². The molecule has 3 rings (SSSR count). The molecule has 6 nitrogen and oxygen atoms in total. The van der Waals surface area contributed by atoms with E-state index >= 15 is 0 Å². The van der Waals surface area contributed by atoms with Gasteiger partial charge in [-0.3, -0.25) is 4.79 Å². The Hall–Kier alpha value is -1.86. The van der Waals surface area contributed by atoms with Gasteiger partial charge in [0.15, 0.2) is 0 Å². The smallest absolute Gasteiger partial charge is 0.256 e. The summed E-state index contributed by atoms with van der Waals surface area (Å²) in [4.78, 5) is 16.7. The predicted octanol–water partition coefficient (Wildman–Crippen LogP) is 2.22. The standard InChI is InChI=1S/C17H20BrN3O3/c1-24-15-4-2-3-12(18)16(15)17(23)20-13-7-11(8-14(13)22)9-21-6-5-19-10-21/h2-6,10-11,13-14,22H,7-9H2,1H3,(H,20,23)/t11?,13-,14-/m1/s1. The molecule has 1 aliphatic carbocycles. The number of hydrogen-bond donors (Lipinski definition) is 2. The number of aliphatic hydroxyl groups excluding tert-OH is 1. The second kappa shape index (κ2) is 7.36. The second-order valence-electron chi connectivity index (χ2n) is 6.06. The highest BCUT2D eigenvalue weighted by atomic mass is 79.9. The zero-order chi connectivity index (χ0) is 17.1. The molecule has 7 heteroatoms. The molecule has 2 N–H and O–H groups in total. The highest BCUT2D eigenvalue weighted by Gasteiger charge is 2.34. The Morgan fingerprint density at radius 3 is 3.04 bits per heavy atom. The lowest BCUT2D eigenvalue weighted by Crippen LogP contribution is -2.40. The lowest BCUT2D eigenvalue weighted by molar-refractivity contribution is 0.0869. The summed E-state index contributed by atoms with van der Waals surface area (Å²) < 4.78 is 7.93. The summed E-state index contributed by atoms with van der Waals surface area (Å²) in [6.45, 7) is 0.793. The average molecular weight is 394 g/mol. The van der Waals surface area contributed by atoms with E-state index in [1.807, 2.05) is 16.8 Å². The third-order valence-electron chi connectivity index (χ3n) is 4.39. The number of rotatable bonds is 5. The maximum atomic E-state index is 12.6. The van der Waals surface area contributed by atoms with E-state index < -0.39 is 6.10 Å². The van der Waals surface area contributed by atoms with Crippen molar-refractivity contribution >= 4 is 21.8 Å². The number of ether oxygens (including phenoxy) is 1. The summed E-state index contributed by atoms with van der Waals surface area (Å²) in [5.41, 5.74) is 0.449. The van der Waals surface area contributed by atoms with E-state index in [0.717, 1.165) is 13.0 Å². The summed E-state index contributed by atoms with van der Waals surface area (Å²) in [6.07, 6.45) is 6.27. The lowest BCUT2D eigenvalue weighted by Gasteiger charge is -2.18. The molecule has 1 aliphatic rings. The number of nitrogens with zero attached hydrogens (tertiary/aromatic N) is 2. The fraction of sp³-hybridized carbons (Fsp3) is 0.412. The molecule has 1 aromatic heterocycles. The molecule has 1 amide bonds. The molecule has 24 heavy (non-hydrogen) atoms. The van der Waals surface area contributed by atoms with Crippen molar-refractivity contribution in [2.24, 2.45) is 5.92 Å². The Balaban J connectivity index is 1.66. The van der Waals surface area contributed by atoms with E-state index in [0.29, 0.717) is 28.1 Å². The van der Waals surface area contributed by atoms with Crippen molar-refractivity contribution in [1.29, 1.82) is 0 Å². The zero-order valence-corrected chi connectivity index (χ0v) is 14.9. The maximum absolute atomic E-state index is 12.6. The number of aromatic nitrogens is 2. The minimum atomic E-state index is -0.545. The first-order valence-electron chi connectivity index (χ1n) is 7.85. The van der Waals surface area contributed by atoms with Crippen LogP contribution in [0.2, 0.25) is 0 Å². The molecule has 3 atom stereocenters. The van der Waals surface area contributed by atoms with E-state index in [-0.39, 0.29) is 11.9 Å². The van der Waals surface area contributed by atoms with E-state index in [1.165, 1.54) is 7.11 Å². The highest BCUT2D eigenvalue weighted by Crippen LogP contribution is 2.30. The van der Waals surface area contributed by atoms with Gasteiger partial charge in [0, 0.05) is 23.4 Å². The number of carbonyl (C=O) groups is 1. The average Bonchev–Trinajstić information content (AvgIpc) is 3.17. The van der Waals surface area contributed by atoms with Gasteiger partial charge in [-0.05, 0) is 46.8 Å². The van der Waals surface area contributed by atoms with Gasteiger partial charge in [-0.15, -0.1) is 0 Å². The van der Waals surface area contributed by atoms with Crippen LogP contribution in [0.1, 0.15) is 23.2 Å². The van der Waals surface area contributed by atoms with Crippen LogP contribution in [0, 0.1) is 5.92 Å². The van der Waals surface area contributed by atoms with E-state index in [2.05, 4.69) is 26.2 Å². The summed E-state index contributed by atoms with van der Waals surface area (Å²) in [5, 5.41) is 13.2. The number of imidazole rings is 1. The number of amides is 1. The number of benzene rings is 1. The van der Waals surface area contributed by atoms with Crippen molar-refractivity contribution in [3.05, 3.63) is 47.0 Å². The van der Waals surface area contributed by atoms with Crippen molar-refractivity contribution in [3.63, 3.8) is 0 Å². The van der Waals surface area contributed by atoms with Gasteiger partial charge >= 0.3 is 0 Å². The molecule has 0 spiro atoms. The van der Waals surface area contributed by atoms with Crippen molar-refractivity contribution in [3.8, 4) is 5.75 Å². The number of halogens is 1. The van der Waals surface area contributed by atoms with Crippen LogP contribution in [-0.2, 0) is 6.54 Å². The van der Waals surface area contributed by atoms with Gasteiger partial charge in [-0.1, -0.05) is 6.07 Å². The van der Waals surface area contributed by atoms with E-state index in [4.69, 9.17) is 4.74 Å². The number of nitrogens with one attached hydrogen (secondary N) is 1. The van der Waals surface area contributed by atoms with Crippen LogP contribution in [0.3, 0.4) is 0 Å². The van der Waals surface area contributed by atoms with Gasteiger partial charge in [-0.25, -0.2) is 4.98 Å². The molecule has 1 saturated carbocycles.